The molecule has 0 radical (unpaired) electrons. The van der Waals surface area contributed by atoms with E-state index in [-0.39, 0.29) is 0 Å². The van der Waals surface area contributed by atoms with E-state index in [0.29, 0.717) is 0 Å². The van der Waals surface area contributed by atoms with E-state index in [1.165, 1.54) is 122 Å². The molecule has 1 aromatic heterocycles. The molecule has 4 aliphatic rings. The number of rotatable bonds is 6. The molecular weight excluding hydrogens is 989 g/mol. The van der Waals surface area contributed by atoms with Gasteiger partial charge in [0.2, 0.25) is 0 Å². The first-order chi connectivity index (χ1) is 40.7. The van der Waals surface area contributed by atoms with Gasteiger partial charge in [-0.3, -0.25) is 0 Å². The molecule has 0 bridgehead atoms. The second kappa shape index (κ2) is 17.0. The van der Waals surface area contributed by atoms with E-state index in [0.717, 1.165) is 33.8 Å². The van der Waals surface area contributed by atoms with Crippen LogP contribution in [0.25, 0.3) is 94.3 Å². The van der Waals surface area contributed by atoms with Crippen LogP contribution in [0, 0.1) is 0 Å². The second-order valence-corrected chi connectivity index (χ2v) is 22.6. The molecule has 18 rings (SSSR count). The largest absolute Gasteiger partial charge is 0.310 e. The van der Waals surface area contributed by atoms with Gasteiger partial charge in [0.25, 0.3) is 0 Å². The molecule has 0 saturated heterocycles. The number of nitrogens with zero attached hydrogens (tertiary/aromatic N) is 2. The first-order valence-electron chi connectivity index (χ1n) is 28.7. The first-order valence-corrected chi connectivity index (χ1v) is 28.7. The molecule has 0 N–H and O–H groups in total. The summed E-state index contributed by atoms with van der Waals surface area (Å²) in [4.78, 5) is 2.52. The van der Waals surface area contributed by atoms with Gasteiger partial charge in [-0.05, 0) is 154 Å². The van der Waals surface area contributed by atoms with Crippen LogP contribution < -0.4 is 4.90 Å². The fraction of sp³-hybridized carbons (Fsp3) is 0.0250. The Morgan fingerprint density at radius 1 is 0.244 bits per heavy atom. The zero-order valence-electron chi connectivity index (χ0n) is 44.8. The summed E-state index contributed by atoms with van der Waals surface area (Å²) in [5, 5.41) is 2.56. The molecule has 0 amide bonds. The van der Waals surface area contributed by atoms with Crippen molar-refractivity contribution in [2.24, 2.45) is 0 Å². The van der Waals surface area contributed by atoms with Crippen molar-refractivity contribution in [3.8, 4) is 72.4 Å². The minimum absolute atomic E-state index is 0.496. The maximum Gasteiger partial charge on any atom is 0.0754 e. The minimum atomic E-state index is -0.559. The molecule has 1 aliphatic heterocycles. The van der Waals surface area contributed by atoms with Crippen molar-refractivity contribution < 1.29 is 0 Å². The number of hydrogen-bond donors (Lipinski definition) is 0. The van der Waals surface area contributed by atoms with Crippen LogP contribution in [0.1, 0.15) is 44.5 Å². The van der Waals surface area contributed by atoms with Crippen molar-refractivity contribution in [3.05, 3.63) is 348 Å². The molecule has 2 heteroatoms. The minimum Gasteiger partial charge on any atom is -0.310 e. The molecular formula is C80H50N2. The summed E-state index contributed by atoms with van der Waals surface area (Å²) in [7, 11) is 0. The Kier molecular flexibility index (Phi) is 9.39. The third kappa shape index (κ3) is 5.92. The molecule has 0 fully saturated rings. The van der Waals surface area contributed by atoms with Crippen LogP contribution in [0.4, 0.5) is 17.1 Å². The smallest absolute Gasteiger partial charge is 0.0754 e. The molecule has 0 saturated carbocycles. The number of aromatic nitrogens is 1. The Bertz CT molecular complexity index is 4940. The Labute approximate surface area is 476 Å². The van der Waals surface area contributed by atoms with Gasteiger partial charge >= 0.3 is 0 Å². The Hall–Kier alpha value is -10.5. The van der Waals surface area contributed by atoms with Crippen LogP contribution in [-0.2, 0) is 10.8 Å². The monoisotopic (exact) mass is 1040 g/mol. The quantitative estimate of drug-likeness (QED) is 0.161. The lowest BCUT2D eigenvalue weighted by Gasteiger charge is -2.39. The molecule has 13 aromatic carbocycles. The summed E-state index contributed by atoms with van der Waals surface area (Å²) in [6.45, 7) is 0. The van der Waals surface area contributed by atoms with Crippen molar-refractivity contribution in [2.75, 3.05) is 4.90 Å². The molecule has 2 heterocycles. The fourth-order valence-corrected chi connectivity index (χ4v) is 15.6. The third-order valence-electron chi connectivity index (χ3n) is 18.8. The predicted octanol–water partition coefficient (Wildman–Crippen LogP) is 20.3. The maximum atomic E-state index is 2.53. The number of fused-ring (bicyclic) bond motifs is 22. The number of hydrogen-bond acceptors (Lipinski definition) is 1. The van der Waals surface area contributed by atoms with E-state index in [1.54, 1.807) is 0 Å². The van der Waals surface area contributed by atoms with E-state index >= 15 is 0 Å². The Morgan fingerprint density at radius 2 is 0.683 bits per heavy atom. The predicted molar refractivity (Wildman–Crippen MR) is 339 cm³/mol. The summed E-state index contributed by atoms with van der Waals surface area (Å²) in [6, 6.07) is 114. The van der Waals surface area contributed by atoms with E-state index in [2.05, 4.69) is 313 Å². The van der Waals surface area contributed by atoms with Crippen LogP contribution in [-0.4, -0.2) is 4.57 Å². The molecule has 2 nitrogen and oxygen atoms in total. The third-order valence-corrected chi connectivity index (χ3v) is 18.8. The highest BCUT2D eigenvalue weighted by atomic mass is 15.1. The van der Waals surface area contributed by atoms with E-state index in [1.807, 2.05) is 0 Å². The van der Waals surface area contributed by atoms with Crippen LogP contribution in [0.2, 0.25) is 0 Å². The van der Waals surface area contributed by atoms with Gasteiger partial charge in [0.15, 0.2) is 0 Å². The van der Waals surface area contributed by atoms with Crippen molar-refractivity contribution >= 4 is 38.9 Å². The molecule has 3 aliphatic carbocycles. The van der Waals surface area contributed by atoms with Crippen LogP contribution in [0.15, 0.2) is 303 Å². The molecule has 2 spiro atoms. The zero-order chi connectivity index (χ0) is 53.7. The van der Waals surface area contributed by atoms with Gasteiger partial charge in [-0.15, -0.1) is 0 Å². The molecule has 1 atom stereocenters. The Morgan fingerprint density at radius 3 is 1.38 bits per heavy atom. The van der Waals surface area contributed by atoms with Crippen LogP contribution >= 0.6 is 0 Å². The van der Waals surface area contributed by atoms with Gasteiger partial charge in [-0.25, -0.2) is 0 Å². The van der Waals surface area contributed by atoms with Crippen LogP contribution in [0.3, 0.4) is 0 Å². The van der Waals surface area contributed by atoms with Crippen molar-refractivity contribution in [1.82, 2.24) is 4.57 Å². The number of benzene rings is 13. The SMILES string of the molecule is c1ccc(-c2ccc(-c3ccccc3N(c3cccc(-c4ccc5c(c4)C4(c6ccccc6-5)c5ccccc5-n5c6ccccc6c6cccc4c65)c3)c3ccc4c(c3)C3(c5ccccc5-c5ccccc53)c3ccccc3-4)cc2)cc1. The van der Waals surface area contributed by atoms with E-state index < -0.39 is 10.8 Å². The van der Waals surface area contributed by atoms with Gasteiger partial charge in [0.05, 0.1) is 33.2 Å². The van der Waals surface area contributed by atoms with Crippen molar-refractivity contribution in [3.63, 3.8) is 0 Å². The average molecular weight is 1040 g/mol. The average Bonchev–Trinajstić information content (AvgIpc) is 1.83. The van der Waals surface area contributed by atoms with E-state index in [9.17, 15) is 0 Å². The standard InChI is InChI=1S/C80H50N2/c1-2-20-51(21-3-1)52-40-42-53(43-41-52)58-24-8-15-37-75(58)81(57-45-47-64-62-28-6-12-33-69(62)79(74(64)50-57)67-31-10-4-25-59(67)60-26-5-11-32-68(60)79)56-23-18-22-54(48-56)55-44-46-63-61-27-7-13-34-70(61)80(73(63)49-55)71-35-14-17-39-77(71)82-76-38-16-9-29-65(76)66-30-19-36-72(80)78(66)82/h1-50H. The highest BCUT2D eigenvalue weighted by Crippen LogP contribution is 2.65. The highest BCUT2D eigenvalue weighted by Gasteiger charge is 2.53. The van der Waals surface area contributed by atoms with Crippen LogP contribution in [0.5, 0.6) is 0 Å². The van der Waals surface area contributed by atoms with Gasteiger partial charge in [-0.2, -0.15) is 0 Å². The first kappa shape index (κ1) is 45.3. The molecule has 1 unspecified atom stereocenters. The number of para-hydroxylation sites is 4. The molecule has 380 valence electrons. The Balaban J connectivity index is 0.857. The van der Waals surface area contributed by atoms with Gasteiger partial charge in [0.1, 0.15) is 0 Å². The lowest BCUT2D eigenvalue weighted by Crippen LogP contribution is -2.33. The topological polar surface area (TPSA) is 8.17 Å². The van der Waals surface area contributed by atoms with Crippen molar-refractivity contribution in [2.45, 2.75) is 10.8 Å². The van der Waals surface area contributed by atoms with Crippen molar-refractivity contribution in [1.29, 1.82) is 0 Å². The highest BCUT2D eigenvalue weighted by molar-refractivity contribution is 6.13. The normalized spacial score (nSPS) is 15.0. The summed E-state index contributed by atoms with van der Waals surface area (Å²) in [5.74, 6) is 0. The zero-order valence-corrected chi connectivity index (χ0v) is 44.8. The van der Waals surface area contributed by atoms with Gasteiger partial charge < -0.3 is 9.47 Å². The summed E-state index contributed by atoms with van der Waals surface area (Å²) < 4.78 is 2.53. The molecule has 14 aromatic rings. The number of anilines is 3. The summed E-state index contributed by atoms with van der Waals surface area (Å²) >= 11 is 0. The second-order valence-electron chi connectivity index (χ2n) is 22.6. The summed E-state index contributed by atoms with van der Waals surface area (Å²) in [5.41, 5.74) is 31.3. The fourth-order valence-electron chi connectivity index (χ4n) is 15.6. The maximum absolute atomic E-state index is 2.53. The lowest BCUT2D eigenvalue weighted by atomic mass is 9.65. The molecule has 82 heavy (non-hydrogen) atoms. The van der Waals surface area contributed by atoms with Gasteiger partial charge in [-0.1, -0.05) is 255 Å². The summed E-state index contributed by atoms with van der Waals surface area (Å²) in [6.07, 6.45) is 0. The van der Waals surface area contributed by atoms with Gasteiger partial charge in [0, 0.05) is 27.7 Å². The van der Waals surface area contributed by atoms with E-state index in [4.69, 9.17) is 0 Å². The lowest BCUT2D eigenvalue weighted by molar-refractivity contribution is 0.749.